The van der Waals surface area contributed by atoms with Crippen LogP contribution >= 0.6 is 22.9 Å². The van der Waals surface area contributed by atoms with Gasteiger partial charge in [-0.05, 0) is 6.92 Å². The Morgan fingerprint density at radius 1 is 1.62 bits per heavy atom. The van der Waals surface area contributed by atoms with E-state index in [2.05, 4.69) is 12.4 Å². The number of esters is 1. The van der Waals surface area contributed by atoms with E-state index in [1.54, 1.807) is 22.9 Å². The van der Waals surface area contributed by atoms with Crippen LogP contribution in [0.4, 0.5) is 0 Å². The highest BCUT2D eigenvalue weighted by Crippen LogP contribution is 2.07. The van der Waals surface area contributed by atoms with Crippen LogP contribution in [0.3, 0.4) is 0 Å². The Kier molecular flexibility index (Phi) is 4.96. The molecule has 0 spiro atoms. The second kappa shape index (κ2) is 6.01. The fraction of sp³-hybridized carbons (Fsp3) is 0.500. The van der Waals surface area contributed by atoms with Gasteiger partial charge < -0.3 is 18.7 Å². The van der Waals surface area contributed by atoms with Crippen molar-refractivity contribution in [2.45, 2.75) is 19.6 Å². The number of nitrogens with one attached hydrogen (secondary N) is 1. The summed E-state index contributed by atoms with van der Waals surface area (Å²) in [5, 5.41) is 8.79. The Labute approximate surface area is 104 Å². The smallest absolute Gasteiger partial charge is 0.456 e. The van der Waals surface area contributed by atoms with E-state index in [4.69, 9.17) is 9.84 Å². The van der Waals surface area contributed by atoms with E-state index in [0.717, 1.165) is 0 Å². The van der Waals surface area contributed by atoms with Crippen molar-refractivity contribution in [1.82, 2.24) is 3.53 Å². The lowest BCUT2D eigenvalue weighted by Crippen LogP contribution is -2.35. The molecule has 0 aliphatic heterocycles. The van der Waals surface area contributed by atoms with Crippen LogP contribution < -0.4 is 9.35 Å². The van der Waals surface area contributed by atoms with Crippen molar-refractivity contribution < 1.29 is 23.5 Å². The Balaban J connectivity index is 2.54. The zero-order valence-electron chi connectivity index (χ0n) is 8.36. The quantitative estimate of drug-likeness (QED) is 0.437. The summed E-state index contributed by atoms with van der Waals surface area (Å²) in [6, 6.07) is -0.806. The van der Waals surface area contributed by atoms with Crippen LogP contribution in [-0.4, -0.2) is 23.7 Å². The van der Waals surface area contributed by atoms with Gasteiger partial charge in [-0.3, -0.25) is 4.79 Å². The van der Waals surface area contributed by atoms with E-state index in [1.165, 1.54) is 6.92 Å². The van der Waals surface area contributed by atoms with E-state index < -0.39 is 17.8 Å². The first-order chi connectivity index (χ1) is 7.58. The zero-order chi connectivity index (χ0) is 12.1. The Morgan fingerprint density at radius 2 is 2.31 bits per heavy atom. The number of aliphatic hydroxyl groups excluding tert-OH is 1. The number of hydrogen-bond donors (Lipinski definition) is 2. The lowest BCUT2D eigenvalue weighted by Gasteiger charge is -2.10. The minimum absolute atomic E-state index is 0.156. The second-order valence-electron chi connectivity index (χ2n) is 2.89. The van der Waals surface area contributed by atoms with E-state index in [9.17, 15) is 9.59 Å². The maximum Gasteiger partial charge on any atom is 0.519 e. The van der Waals surface area contributed by atoms with Gasteiger partial charge in [0.1, 0.15) is 6.04 Å². The number of carbonyl (C=O) groups excluding carboxylic acids is 1. The van der Waals surface area contributed by atoms with Crippen LogP contribution in [0.2, 0.25) is 0 Å². The first kappa shape index (κ1) is 13.2. The summed E-state index contributed by atoms with van der Waals surface area (Å²) in [6.07, 6.45) is 0. The van der Waals surface area contributed by atoms with Crippen molar-refractivity contribution in [3.8, 4) is 0 Å². The van der Waals surface area contributed by atoms with Crippen LogP contribution in [0.1, 0.15) is 11.5 Å². The van der Waals surface area contributed by atoms with Gasteiger partial charge in [-0.15, -0.1) is 0 Å². The molecule has 1 atom stereocenters. The third-order valence-electron chi connectivity index (χ3n) is 1.78. The lowest BCUT2D eigenvalue weighted by molar-refractivity contribution is -0.148. The SMILES string of the molecule is Cc1oc(=O)oc1COC(=O)C(CO)NI. The van der Waals surface area contributed by atoms with Crippen molar-refractivity contribution in [3.63, 3.8) is 0 Å². The summed E-state index contributed by atoms with van der Waals surface area (Å²) < 4.78 is 16.6. The van der Waals surface area contributed by atoms with Crippen molar-refractivity contribution in [2.24, 2.45) is 0 Å². The van der Waals surface area contributed by atoms with Crippen molar-refractivity contribution in [2.75, 3.05) is 6.61 Å². The molecule has 7 nitrogen and oxygen atoms in total. The third-order valence-corrected chi connectivity index (χ3v) is 2.53. The molecule has 0 saturated carbocycles. The summed E-state index contributed by atoms with van der Waals surface area (Å²) in [5.41, 5.74) is 0. The highest BCUT2D eigenvalue weighted by Gasteiger charge is 2.19. The normalized spacial score (nSPS) is 12.4. The Morgan fingerprint density at radius 3 is 2.75 bits per heavy atom. The molecule has 0 saturated heterocycles. The largest absolute Gasteiger partial charge is 0.519 e. The van der Waals surface area contributed by atoms with Crippen LogP contribution in [0.25, 0.3) is 0 Å². The number of halogens is 1. The molecule has 0 radical (unpaired) electrons. The van der Waals surface area contributed by atoms with Gasteiger partial charge in [-0.1, -0.05) is 0 Å². The highest BCUT2D eigenvalue weighted by atomic mass is 127. The molecule has 0 aromatic carbocycles. The molecule has 8 heteroatoms. The molecule has 1 heterocycles. The number of hydrogen-bond acceptors (Lipinski definition) is 7. The molecule has 0 bridgehead atoms. The summed E-state index contributed by atoms with van der Waals surface area (Å²) in [5.74, 6) is -1.06. The van der Waals surface area contributed by atoms with Crippen molar-refractivity contribution >= 4 is 28.8 Å². The van der Waals surface area contributed by atoms with Gasteiger partial charge in [-0.2, -0.15) is 0 Å². The number of aryl methyl sites for hydroxylation is 1. The first-order valence-electron chi connectivity index (χ1n) is 4.31. The molecule has 1 aromatic rings. The maximum absolute atomic E-state index is 11.3. The van der Waals surface area contributed by atoms with Crippen LogP contribution in [0, 0.1) is 6.92 Å². The number of ether oxygens (including phenoxy) is 1. The average Bonchev–Trinajstić information content (AvgIpc) is 2.56. The van der Waals surface area contributed by atoms with Crippen molar-refractivity contribution in [3.05, 3.63) is 22.1 Å². The standard InChI is InChI=1S/C8H10INO6/c1-4-6(16-8(13)15-4)3-14-7(12)5(2-11)10-9/h5,10-11H,2-3H2,1H3. The summed E-state index contributed by atoms with van der Waals surface area (Å²) in [6.45, 7) is 0.940. The summed E-state index contributed by atoms with van der Waals surface area (Å²) in [4.78, 5) is 22.0. The fourth-order valence-corrected chi connectivity index (χ4v) is 1.35. The molecular weight excluding hydrogens is 333 g/mol. The van der Waals surface area contributed by atoms with Gasteiger partial charge in [0.15, 0.2) is 18.1 Å². The minimum Gasteiger partial charge on any atom is -0.456 e. The lowest BCUT2D eigenvalue weighted by atomic mass is 10.3. The molecule has 16 heavy (non-hydrogen) atoms. The van der Waals surface area contributed by atoms with Gasteiger partial charge in [0.25, 0.3) is 0 Å². The van der Waals surface area contributed by atoms with E-state index in [1.807, 2.05) is 0 Å². The average molecular weight is 343 g/mol. The Bertz CT molecular complexity index is 407. The molecule has 90 valence electrons. The van der Waals surface area contributed by atoms with Crippen LogP contribution in [-0.2, 0) is 16.1 Å². The zero-order valence-corrected chi connectivity index (χ0v) is 10.5. The van der Waals surface area contributed by atoms with Gasteiger partial charge in [0.05, 0.1) is 6.61 Å². The number of aliphatic hydroxyl groups is 1. The number of carbonyl (C=O) groups is 1. The molecule has 0 aliphatic rings. The predicted octanol–water partition coefficient (Wildman–Crippen LogP) is -0.115. The minimum atomic E-state index is -0.839. The van der Waals surface area contributed by atoms with Gasteiger partial charge in [-0.25, -0.2) is 8.32 Å². The molecule has 1 aromatic heterocycles. The molecule has 1 rings (SSSR count). The van der Waals surface area contributed by atoms with Crippen LogP contribution in [0.15, 0.2) is 13.6 Å². The Hall–Kier alpha value is -0.870. The van der Waals surface area contributed by atoms with Gasteiger partial charge in [0.2, 0.25) is 0 Å². The van der Waals surface area contributed by atoms with Crippen molar-refractivity contribution in [1.29, 1.82) is 0 Å². The molecule has 0 aliphatic carbocycles. The third kappa shape index (κ3) is 3.32. The molecule has 1 unspecified atom stereocenters. The molecule has 0 fully saturated rings. The highest BCUT2D eigenvalue weighted by molar-refractivity contribution is 14.1. The predicted molar refractivity (Wildman–Crippen MR) is 59.8 cm³/mol. The molecule has 2 N–H and O–H groups in total. The van der Waals surface area contributed by atoms with E-state index >= 15 is 0 Å². The second-order valence-corrected chi connectivity index (χ2v) is 3.51. The molecular formula is C8H10INO6. The van der Waals surface area contributed by atoms with Crippen LogP contribution in [0.5, 0.6) is 0 Å². The van der Waals surface area contributed by atoms with E-state index in [-0.39, 0.29) is 24.7 Å². The van der Waals surface area contributed by atoms with Gasteiger partial charge >= 0.3 is 11.8 Å². The summed E-state index contributed by atoms with van der Waals surface area (Å²) in [7, 11) is 0. The fourth-order valence-electron chi connectivity index (χ4n) is 0.897. The summed E-state index contributed by atoms with van der Waals surface area (Å²) >= 11 is 1.73. The monoisotopic (exact) mass is 343 g/mol. The van der Waals surface area contributed by atoms with E-state index in [0.29, 0.717) is 0 Å². The topological polar surface area (TPSA) is 102 Å². The van der Waals surface area contributed by atoms with Gasteiger partial charge in [0, 0.05) is 22.9 Å². The molecule has 0 amide bonds. The number of rotatable bonds is 5. The maximum atomic E-state index is 11.3. The first-order valence-corrected chi connectivity index (χ1v) is 5.39.